The highest BCUT2D eigenvalue weighted by Gasteiger charge is 2.16. The molecule has 19 heavy (non-hydrogen) atoms. The van der Waals surface area contributed by atoms with Crippen molar-refractivity contribution < 1.29 is 0 Å². The smallest absolute Gasteiger partial charge is 0.0399 e. The van der Waals surface area contributed by atoms with Crippen LogP contribution in [0, 0.1) is 0 Å². The van der Waals surface area contributed by atoms with Crippen LogP contribution in [0.4, 0.5) is 5.69 Å². The van der Waals surface area contributed by atoms with Crippen LogP contribution in [0.2, 0.25) is 0 Å². The zero-order chi connectivity index (χ0) is 13.3. The molecule has 2 rings (SSSR count). The Morgan fingerprint density at radius 2 is 1.58 bits per heavy atom. The van der Waals surface area contributed by atoms with Gasteiger partial charge in [-0.15, -0.1) is 0 Å². The highest BCUT2D eigenvalue weighted by molar-refractivity contribution is 9.09. The summed E-state index contributed by atoms with van der Waals surface area (Å²) in [6, 6.07) is 8.89. The average Bonchev–Trinajstić information content (AvgIpc) is 2.85. The maximum Gasteiger partial charge on any atom is 0.0399 e. The van der Waals surface area contributed by atoms with Crippen LogP contribution in [-0.2, 0) is 6.42 Å². The Kier molecular flexibility index (Phi) is 6.77. The third-order valence-corrected chi connectivity index (χ3v) is 4.61. The molecule has 0 unspecified atom stereocenters. The van der Waals surface area contributed by atoms with Crippen LogP contribution in [0.15, 0.2) is 24.3 Å². The van der Waals surface area contributed by atoms with E-state index in [1.54, 1.807) is 0 Å². The second-order valence-corrected chi connectivity index (χ2v) is 6.32. The summed E-state index contributed by atoms with van der Waals surface area (Å²) in [7, 11) is 0. The van der Waals surface area contributed by atoms with Crippen molar-refractivity contribution in [1.29, 1.82) is 0 Å². The molecule has 1 aliphatic heterocycles. The summed E-state index contributed by atoms with van der Waals surface area (Å²) in [6.07, 6.45) is 11.0. The summed E-state index contributed by atoms with van der Waals surface area (Å²) in [6.45, 7) is 2.48. The van der Waals surface area contributed by atoms with Crippen molar-refractivity contribution in [2.75, 3.05) is 23.3 Å². The second-order valence-electron chi connectivity index (χ2n) is 5.53. The molecule has 0 amide bonds. The highest BCUT2D eigenvalue weighted by Crippen LogP contribution is 2.27. The minimum atomic E-state index is 1.17. The van der Waals surface area contributed by atoms with E-state index in [1.807, 2.05) is 0 Å². The third-order valence-electron chi connectivity index (χ3n) is 4.05. The average molecular weight is 324 g/mol. The van der Waals surface area contributed by atoms with Crippen LogP contribution < -0.4 is 4.90 Å². The standard InChI is InChI=1S/C17H26BrN/c18-13-8-4-2-1-3-5-9-14-19-15-12-16-10-6-7-11-17(16)19/h6-7,10-11H,1-5,8-9,12-15H2. The highest BCUT2D eigenvalue weighted by atomic mass is 79.9. The molecule has 0 saturated carbocycles. The summed E-state index contributed by atoms with van der Waals surface area (Å²) >= 11 is 3.49. The van der Waals surface area contributed by atoms with Gasteiger partial charge in [-0.2, -0.15) is 0 Å². The maximum atomic E-state index is 3.49. The van der Waals surface area contributed by atoms with Crippen molar-refractivity contribution in [2.24, 2.45) is 0 Å². The number of hydrogen-bond donors (Lipinski definition) is 0. The Labute approximate surface area is 126 Å². The van der Waals surface area contributed by atoms with Crippen LogP contribution in [0.1, 0.15) is 50.5 Å². The largest absolute Gasteiger partial charge is 0.371 e. The quantitative estimate of drug-likeness (QED) is 0.447. The van der Waals surface area contributed by atoms with Gasteiger partial charge in [-0.05, 0) is 30.9 Å². The van der Waals surface area contributed by atoms with E-state index in [1.165, 1.54) is 81.0 Å². The lowest BCUT2D eigenvalue weighted by Crippen LogP contribution is -2.21. The summed E-state index contributed by atoms with van der Waals surface area (Å²) in [4.78, 5) is 2.57. The molecule has 1 aliphatic rings. The molecule has 0 atom stereocenters. The van der Waals surface area contributed by atoms with E-state index < -0.39 is 0 Å². The SMILES string of the molecule is BrCCCCCCCCCN1CCc2ccccc21. The van der Waals surface area contributed by atoms with E-state index in [0.29, 0.717) is 0 Å². The van der Waals surface area contributed by atoms with Crippen LogP contribution in [0.25, 0.3) is 0 Å². The van der Waals surface area contributed by atoms with E-state index in [-0.39, 0.29) is 0 Å². The zero-order valence-corrected chi connectivity index (χ0v) is 13.5. The Morgan fingerprint density at radius 1 is 0.895 bits per heavy atom. The summed E-state index contributed by atoms with van der Waals surface area (Å²) in [5.74, 6) is 0. The second kappa shape index (κ2) is 8.63. The van der Waals surface area contributed by atoms with E-state index in [4.69, 9.17) is 0 Å². The van der Waals surface area contributed by atoms with Gasteiger partial charge in [0.2, 0.25) is 0 Å². The molecule has 0 spiro atoms. The number of alkyl halides is 1. The first-order valence-corrected chi connectivity index (χ1v) is 8.93. The Bertz CT molecular complexity index is 364. The van der Waals surface area contributed by atoms with Gasteiger partial charge in [0.1, 0.15) is 0 Å². The lowest BCUT2D eigenvalue weighted by Gasteiger charge is -2.19. The van der Waals surface area contributed by atoms with Crippen molar-refractivity contribution in [1.82, 2.24) is 0 Å². The monoisotopic (exact) mass is 323 g/mol. The van der Waals surface area contributed by atoms with Crippen molar-refractivity contribution in [3.05, 3.63) is 29.8 Å². The zero-order valence-electron chi connectivity index (χ0n) is 11.9. The fourth-order valence-electron chi connectivity index (χ4n) is 2.92. The molecular formula is C17H26BrN. The predicted octanol–water partition coefficient (Wildman–Crippen LogP) is 5.17. The molecule has 0 saturated heterocycles. The molecule has 2 heteroatoms. The molecule has 0 N–H and O–H groups in total. The number of nitrogens with zero attached hydrogens (tertiary/aromatic N) is 1. The summed E-state index contributed by atoms with van der Waals surface area (Å²) in [5.41, 5.74) is 3.03. The summed E-state index contributed by atoms with van der Waals surface area (Å²) in [5, 5.41) is 1.17. The normalized spacial score (nSPS) is 13.8. The molecule has 0 aromatic heterocycles. The van der Waals surface area contributed by atoms with E-state index in [9.17, 15) is 0 Å². The van der Waals surface area contributed by atoms with Gasteiger partial charge in [0.25, 0.3) is 0 Å². The number of benzene rings is 1. The summed E-state index contributed by atoms with van der Waals surface area (Å²) < 4.78 is 0. The Morgan fingerprint density at radius 3 is 2.37 bits per heavy atom. The molecule has 1 aromatic carbocycles. The van der Waals surface area contributed by atoms with Crippen LogP contribution in [-0.4, -0.2) is 18.4 Å². The number of rotatable bonds is 9. The number of unbranched alkanes of at least 4 members (excludes halogenated alkanes) is 6. The topological polar surface area (TPSA) is 3.24 Å². The Hall–Kier alpha value is -0.500. The third kappa shape index (κ3) is 4.83. The first-order chi connectivity index (χ1) is 9.42. The molecule has 0 radical (unpaired) electrons. The van der Waals surface area contributed by atoms with Crippen LogP contribution in [0.5, 0.6) is 0 Å². The van der Waals surface area contributed by atoms with Gasteiger partial charge in [0.15, 0.2) is 0 Å². The maximum absolute atomic E-state index is 3.49. The van der Waals surface area contributed by atoms with E-state index >= 15 is 0 Å². The van der Waals surface area contributed by atoms with Crippen molar-refractivity contribution in [3.63, 3.8) is 0 Å². The first kappa shape index (κ1) is 14.9. The van der Waals surface area contributed by atoms with Crippen molar-refractivity contribution in [3.8, 4) is 0 Å². The molecule has 0 aliphatic carbocycles. The van der Waals surface area contributed by atoms with Gasteiger partial charge in [0, 0.05) is 24.1 Å². The van der Waals surface area contributed by atoms with Crippen LogP contribution >= 0.6 is 15.9 Å². The molecule has 1 heterocycles. The van der Waals surface area contributed by atoms with Crippen LogP contribution in [0.3, 0.4) is 0 Å². The van der Waals surface area contributed by atoms with Gasteiger partial charge in [-0.25, -0.2) is 0 Å². The lowest BCUT2D eigenvalue weighted by atomic mass is 10.1. The molecule has 106 valence electrons. The minimum absolute atomic E-state index is 1.17. The van der Waals surface area contributed by atoms with Gasteiger partial charge in [-0.3, -0.25) is 0 Å². The van der Waals surface area contributed by atoms with Gasteiger partial charge in [0.05, 0.1) is 0 Å². The fourth-order valence-corrected chi connectivity index (χ4v) is 3.32. The molecule has 1 aromatic rings. The first-order valence-electron chi connectivity index (χ1n) is 7.80. The number of hydrogen-bond acceptors (Lipinski definition) is 1. The molecular weight excluding hydrogens is 298 g/mol. The minimum Gasteiger partial charge on any atom is -0.371 e. The van der Waals surface area contributed by atoms with E-state index in [2.05, 4.69) is 45.1 Å². The number of fused-ring (bicyclic) bond motifs is 1. The number of para-hydroxylation sites is 1. The molecule has 1 nitrogen and oxygen atoms in total. The number of halogens is 1. The number of anilines is 1. The molecule has 0 bridgehead atoms. The van der Waals surface area contributed by atoms with Crippen molar-refractivity contribution in [2.45, 2.75) is 51.4 Å². The predicted molar refractivity (Wildman–Crippen MR) is 88.5 cm³/mol. The molecule has 0 fully saturated rings. The van der Waals surface area contributed by atoms with Crippen molar-refractivity contribution >= 4 is 21.6 Å². The fraction of sp³-hybridized carbons (Fsp3) is 0.647. The lowest BCUT2D eigenvalue weighted by molar-refractivity contribution is 0.587. The van der Waals surface area contributed by atoms with E-state index in [0.717, 1.165) is 0 Å². The van der Waals surface area contributed by atoms with Gasteiger partial charge >= 0.3 is 0 Å². The van der Waals surface area contributed by atoms with Gasteiger partial charge in [-0.1, -0.05) is 66.2 Å². The Balaban J connectivity index is 1.55. The van der Waals surface area contributed by atoms with Gasteiger partial charge < -0.3 is 4.90 Å².